The van der Waals surface area contributed by atoms with Gasteiger partial charge >= 0.3 is 6.18 Å². The predicted octanol–water partition coefficient (Wildman–Crippen LogP) is 3.82. The van der Waals surface area contributed by atoms with E-state index in [9.17, 15) is 22.4 Å². The smallest absolute Gasteiger partial charge is 0.321 e. The molecule has 11 heteroatoms. The number of alkyl halides is 3. The summed E-state index contributed by atoms with van der Waals surface area (Å²) in [6.45, 7) is 7.91. The predicted molar refractivity (Wildman–Crippen MR) is 118 cm³/mol. The number of piperazine rings is 1. The monoisotopic (exact) mass is 476 g/mol. The number of halogens is 4. The number of anilines is 1. The Morgan fingerprint density at radius 2 is 1.59 bits per heavy atom. The quantitative estimate of drug-likeness (QED) is 0.548. The van der Waals surface area contributed by atoms with E-state index in [0.717, 1.165) is 69.1 Å². The Morgan fingerprint density at radius 3 is 2.18 bits per heavy atom. The number of likely N-dealkylation sites (N-methyl/N-ethyl adjacent to an activating group) is 1. The Hall–Kier alpha value is -3.31. The van der Waals surface area contributed by atoms with E-state index in [4.69, 9.17) is 0 Å². The fourth-order valence-corrected chi connectivity index (χ4v) is 3.86. The molecule has 1 aromatic heterocycles. The van der Waals surface area contributed by atoms with E-state index in [1.165, 1.54) is 0 Å². The van der Waals surface area contributed by atoms with Gasteiger partial charge in [-0.1, -0.05) is 24.3 Å². The minimum Gasteiger partial charge on any atom is -0.321 e. The fraction of sp³-hybridized carbons (Fsp3) is 0.348. The Morgan fingerprint density at radius 1 is 0.971 bits per heavy atom. The lowest BCUT2D eigenvalue weighted by Gasteiger charge is -2.34. The maximum absolute atomic E-state index is 13.8. The van der Waals surface area contributed by atoms with E-state index in [0.29, 0.717) is 10.4 Å². The van der Waals surface area contributed by atoms with Crippen molar-refractivity contribution >= 4 is 11.6 Å². The highest BCUT2D eigenvalue weighted by molar-refractivity contribution is 6.03. The summed E-state index contributed by atoms with van der Waals surface area (Å²) < 4.78 is 54.9. The molecule has 0 radical (unpaired) electrons. The normalized spacial score (nSPS) is 15.4. The molecule has 180 valence electrons. The van der Waals surface area contributed by atoms with E-state index in [2.05, 4.69) is 32.4 Å². The zero-order chi connectivity index (χ0) is 24.3. The molecule has 1 aliphatic heterocycles. The van der Waals surface area contributed by atoms with Crippen molar-refractivity contribution in [2.45, 2.75) is 19.6 Å². The third kappa shape index (κ3) is 5.42. The van der Waals surface area contributed by atoms with Crippen LogP contribution in [0.1, 0.15) is 28.7 Å². The molecule has 2 heterocycles. The lowest BCUT2D eigenvalue weighted by atomic mass is 10.1. The standard InChI is InChI=1S/C23H24F4N6O/c1-2-31-11-13-32(14-12-31)15-16-3-7-18(8-4-16)28-22(34)20-21(23(25,26)27)33(30-29-20)19-9-5-17(24)6-10-19/h3-10H,2,11-15H2,1H3,(H,28,34). The largest absolute Gasteiger partial charge is 0.435 e. The molecule has 1 aliphatic rings. The van der Waals surface area contributed by atoms with Crippen LogP contribution in [0.5, 0.6) is 0 Å². The molecule has 34 heavy (non-hydrogen) atoms. The maximum Gasteiger partial charge on any atom is 0.435 e. The molecule has 1 amide bonds. The summed E-state index contributed by atoms with van der Waals surface area (Å²) in [6.07, 6.45) is -4.91. The average molecular weight is 476 g/mol. The number of benzene rings is 2. The van der Waals surface area contributed by atoms with Crippen LogP contribution in [-0.4, -0.2) is 63.4 Å². The Kier molecular flexibility index (Phi) is 6.94. The van der Waals surface area contributed by atoms with E-state index in [1.807, 2.05) is 12.1 Å². The SMILES string of the molecule is CCN1CCN(Cc2ccc(NC(=O)c3nnn(-c4ccc(F)cc4)c3C(F)(F)F)cc2)CC1. The molecule has 2 aromatic carbocycles. The van der Waals surface area contributed by atoms with E-state index in [1.54, 1.807) is 12.1 Å². The number of nitrogens with one attached hydrogen (secondary N) is 1. The Bertz CT molecular complexity index is 1120. The van der Waals surface area contributed by atoms with Gasteiger partial charge in [-0.2, -0.15) is 13.2 Å². The first-order valence-electron chi connectivity index (χ1n) is 10.9. The van der Waals surface area contributed by atoms with Gasteiger partial charge in [0.1, 0.15) is 5.82 Å². The molecule has 7 nitrogen and oxygen atoms in total. The van der Waals surface area contributed by atoms with Gasteiger partial charge in [0, 0.05) is 38.4 Å². The first-order valence-corrected chi connectivity index (χ1v) is 10.9. The van der Waals surface area contributed by atoms with Crippen LogP contribution in [0, 0.1) is 5.82 Å². The minimum atomic E-state index is -4.91. The van der Waals surface area contributed by atoms with Crippen LogP contribution < -0.4 is 5.32 Å². The molecule has 0 unspecified atom stereocenters. The molecule has 0 spiro atoms. The second kappa shape index (κ2) is 9.90. The lowest BCUT2D eigenvalue weighted by molar-refractivity contribution is -0.143. The molecule has 0 aliphatic carbocycles. The zero-order valence-corrected chi connectivity index (χ0v) is 18.5. The summed E-state index contributed by atoms with van der Waals surface area (Å²) in [7, 11) is 0. The Balaban J connectivity index is 1.47. The van der Waals surface area contributed by atoms with Crippen molar-refractivity contribution in [2.24, 2.45) is 0 Å². The van der Waals surface area contributed by atoms with Gasteiger partial charge in [0.05, 0.1) is 5.69 Å². The van der Waals surface area contributed by atoms with E-state index >= 15 is 0 Å². The topological polar surface area (TPSA) is 66.3 Å². The van der Waals surface area contributed by atoms with Crippen LogP contribution in [0.2, 0.25) is 0 Å². The van der Waals surface area contributed by atoms with Crippen molar-refractivity contribution in [3.05, 3.63) is 71.3 Å². The molecule has 0 atom stereocenters. The fourth-order valence-electron chi connectivity index (χ4n) is 3.86. The van der Waals surface area contributed by atoms with E-state index < -0.39 is 29.3 Å². The second-order valence-corrected chi connectivity index (χ2v) is 8.03. The third-order valence-electron chi connectivity index (χ3n) is 5.76. The summed E-state index contributed by atoms with van der Waals surface area (Å²) in [5.41, 5.74) is -0.881. The summed E-state index contributed by atoms with van der Waals surface area (Å²) in [4.78, 5) is 17.4. The van der Waals surface area contributed by atoms with Crippen LogP contribution in [0.4, 0.5) is 23.2 Å². The van der Waals surface area contributed by atoms with Crippen LogP contribution >= 0.6 is 0 Å². The number of hydrogen-bond donors (Lipinski definition) is 1. The van der Waals surface area contributed by atoms with Gasteiger partial charge in [-0.3, -0.25) is 9.69 Å². The number of nitrogens with zero attached hydrogens (tertiary/aromatic N) is 5. The van der Waals surface area contributed by atoms with Gasteiger partial charge in [0.2, 0.25) is 0 Å². The van der Waals surface area contributed by atoms with Gasteiger partial charge in [-0.15, -0.1) is 5.10 Å². The van der Waals surface area contributed by atoms with Crippen molar-refractivity contribution in [1.29, 1.82) is 0 Å². The van der Waals surface area contributed by atoms with Crippen LogP contribution in [0.3, 0.4) is 0 Å². The first kappa shape index (κ1) is 23.8. The molecular weight excluding hydrogens is 452 g/mol. The van der Waals surface area contributed by atoms with Gasteiger partial charge < -0.3 is 10.2 Å². The second-order valence-electron chi connectivity index (χ2n) is 8.03. The van der Waals surface area contributed by atoms with Gasteiger partial charge in [-0.05, 0) is 48.5 Å². The lowest BCUT2D eigenvalue weighted by Crippen LogP contribution is -2.45. The number of carbonyl (C=O) groups excluding carboxylic acids is 1. The molecule has 4 rings (SSSR count). The highest BCUT2D eigenvalue weighted by atomic mass is 19.4. The van der Waals surface area contributed by atoms with Crippen molar-refractivity contribution < 1.29 is 22.4 Å². The van der Waals surface area contributed by atoms with Crippen molar-refractivity contribution in [1.82, 2.24) is 24.8 Å². The number of rotatable bonds is 6. The maximum atomic E-state index is 13.8. The highest BCUT2D eigenvalue weighted by Gasteiger charge is 2.42. The summed E-state index contributed by atoms with van der Waals surface area (Å²) >= 11 is 0. The molecule has 0 saturated carbocycles. The Labute approximate surface area is 194 Å². The van der Waals surface area contributed by atoms with Crippen LogP contribution in [0.25, 0.3) is 5.69 Å². The molecular formula is C23H24F4N6O. The van der Waals surface area contributed by atoms with Crippen molar-refractivity contribution in [2.75, 3.05) is 38.0 Å². The molecule has 1 N–H and O–H groups in total. The first-order chi connectivity index (χ1) is 16.2. The van der Waals surface area contributed by atoms with Gasteiger partial charge in [-0.25, -0.2) is 9.07 Å². The van der Waals surface area contributed by atoms with Crippen LogP contribution in [0.15, 0.2) is 48.5 Å². The molecule has 0 bridgehead atoms. The summed E-state index contributed by atoms with van der Waals surface area (Å²) in [5.74, 6) is -1.65. The number of aromatic nitrogens is 3. The summed E-state index contributed by atoms with van der Waals surface area (Å²) in [6, 6.07) is 11.2. The van der Waals surface area contributed by atoms with Gasteiger partial charge in [0.25, 0.3) is 5.91 Å². The van der Waals surface area contributed by atoms with Gasteiger partial charge in [0.15, 0.2) is 11.4 Å². The van der Waals surface area contributed by atoms with Crippen LogP contribution in [-0.2, 0) is 12.7 Å². The van der Waals surface area contributed by atoms with Crippen molar-refractivity contribution in [3.8, 4) is 5.69 Å². The third-order valence-corrected chi connectivity index (χ3v) is 5.76. The number of hydrogen-bond acceptors (Lipinski definition) is 5. The molecule has 1 fully saturated rings. The average Bonchev–Trinajstić information content (AvgIpc) is 3.27. The zero-order valence-electron chi connectivity index (χ0n) is 18.5. The molecule has 1 saturated heterocycles. The van der Waals surface area contributed by atoms with E-state index in [-0.39, 0.29) is 5.69 Å². The highest BCUT2D eigenvalue weighted by Crippen LogP contribution is 2.33. The molecule has 3 aromatic rings. The minimum absolute atomic E-state index is 0.0654. The van der Waals surface area contributed by atoms with Crippen molar-refractivity contribution in [3.63, 3.8) is 0 Å². The summed E-state index contributed by atoms with van der Waals surface area (Å²) in [5, 5.41) is 9.41. The number of amides is 1. The number of carbonyl (C=O) groups is 1.